The second kappa shape index (κ2) is 5.27. The SMILES string of the molecule is Cc1nc(NCc2ccccn2)ccc1C(=O)O. The number of anilines is 1. The van der Waals surface area contributed by atoms with E-state index < -0.39 is 5.97 Å². The summed E-state index contributed by atoms with van der Waals surface area (Å²) in [7, 11) is 0. The molecule has 0 aliphatic carbocycles. The first kappa shape index (κ1) is 12.0. The van der Waals surface area contributed by atoms with Gasteiger partial charge in [-0.2, -0.15) is 0 Å². The van der Waals surface area contributed by atoms with Crippen LogP contribution in [0.25, 0.3) is 0 Å². The van der Waals surface area contributed by atoms with E-state index in [2.05, 4.69) is 15.3 Å². The van der Waals surface area contributed by atoms with Gasteiger partial charge in [-0.05, 0) is 31.2 Å². The minimum atomic E-state index is -0.962. The topological polar surface area (TPSA) is 75.1 Å². The van der Waals surface area contributed by atoms with Gasteiger partial charge in [0.15, 0.2) is 0 Å². The molecular weight excluding hydrogens is 230 g/mol. The van der Waals surface area contributed by atoms with E-state index in [9.17, 15) is 4.79 Å². The predicted octanol–water partition coefficient (Wildman–Crippen LogP) is 2.10. The van der Waals surface area contributed by atoms with Crippen LogP contribution in [0.4, 0.5) is 5.82 Å². The Kier molecular flexibility index (Phi) is 3.52. The Morgan fingerprint density at radius 2 is 2.17 bits per heavy atom. The zero-order valence-electron chi connectivity index (χ0n) is 9.92. The Balaban J connectivity index is 2.07. The number of hydrogen-bond acceptors (Lipinski definition) is 4. The summed E-state index contributed by atoms with van der Waals surface area (Å²) < 4.78 is 0. The fourth-order valence-electron chi connectivity index (χ4n) is 1.57. The average molecular weight is 243 g/mol. The number of hydrogen-bond donors (Lipinski definition) is 2. The molecule has 0 amide bonds. The number of rotatable bonds is 4. The molecule has 0 unspecified atom stereocenters. The molecule has 0 atom stereocenters. The van der Waals surface area contributed by atoms with Crippen LogP contribution >= 0.6 is 0 Å². The molecule has 0 aliphatic heterocycles. The van der Waals surface area contributed by atoms with Gasteiger partial charge >= 0.3 is 5.97 Å². The van der Waals surface area contributed by atoms with Crippen LogP contribution < -0.4 is 5.32 Å². The van der Waals surface area contributed by atoms with Gasteiger partial charge in [0.1, 0.15) is 5.82 Å². The van der Waals surface area contributed by atoms with Gasteiger partial charge in [0, 0.05) is 6.20 Å². The second-order valence-electron chi connectivity index (χ2n) is 3.81. The van der Waals surface area contributed by atoms with Crippen LogP contribution in [-0.4, -0.2) is 21.0 Å². The van der Waals surface area contributed by atoms with Gasteiger partial charge in [-0.3, -0.25) is 4.98 Å². The van der Waals surface area contributed by atoms with Crippen molar-refractivity contribution >= 4 is 11.8 Å². The molecule has 2 aromatic heterocycles. The number of aromatic carboxylic acids is 1. The van der Waals surface area contributed by atoms with E-state index in [1.165, 1.54) is 0 Å². The Hall–Kier alpha value is -2.43. The van der Waals surface area contributed by atoms with Crippen molar-refractivity contribution in [1.29, 1.82) is 0 Å². The Morgan fingerprint density at radius 3 is 2.78 bits per heavy atom. The van der Waals surface area contributed by atoms with Crippen LogP contribution in [-0.2, 0) is 6.54 Å². The van der Waals surface area contributed by atoms with Crippen LogP contribution in [0.15, 0.2) is 36.5 Å². The summed E-state index contributed by atoms with van der Waals surface area (Å²) in [5, 5.41) is 12.0. The van der Waals surface area contributed by atoms with Crippen molar-refractivity contribution in [1.82, 2.24) is 9.97 Å². The monoisotopic (exact) mass is 243 g/mol. The van der Waals surface area contributed by atoms with E-state index in [4.69, 9.17) is 5.11 Å². The van der Waals surface area contributed by atoms with Gasteiger partial charge in [0.05, 0.1) is 23.5 Å². The van der Waals surface area contributed by atoms with Crippen molar-refractivity contribution in [2.24, 2.45) is 0 Å². The quantitative estimate of drug-likeness (QED) is 0.860. The lowest BCUT2D eigenvalue weighted by atomic mass is 10.2. The Bertz CT molecular complexity index is 555. The van der Waals surface area contributed by atoms with Gasteiger partial charge in [-0.25, -0.2) is 9.78 Å². The van der Waals surface area contributed by atoms with E-state index in [1.54, 1.807) is 25.3 Å². The zero-order chi connectivity index (χ0) is 13.0. The van der Waals surface area contributed by atoms with Crippen molar-refractivity contribution in [2.45, 2.75) is 13.5 Å². The number of carboxylic acids is 1. The molecular formula is C13H13N3O2. The summed E-state index contributed by atoms with van der Waals surface area (Å²) in [6.07, 6.45) is 1.73. The van der Waals surface area contributed by atoms with Crippen molar-refractivity contribution < 1.29 is 9.90 Å². The van der Waals surface area contributed by atoms with Crippen LogP contribution in [0.2, 0.25) is 0 Å². The van der Waals surface area contributed by atoms with E-state index >= 15 is 0 Å². The molecule has 0 radical (unpaired) electrons. The fourth-order valence-corrected chi connectivity index (χ4v) is 1.57. The molecule has 0 aromatic carbocycles. The Morgan fingerprint density at radius 1 is 1.33 bits per heavy atom. The summed E-state index contributed by atoms with van der Waals surface area (Å²) in [5.41, 5.74) is 1.62. The molecule has 18 heavy (non-hydrogen) atoms. The van der Waals surface area contributed by atoms with Crippen molar-refractivity contribution in [2.75, 3.05) is 5.32 Å². The van der Waals surface area contributed by atoms with Gasteiger partial charge in [-0.1, -0.05) is 6.07 Å². The van der Waals surface area contributed by atoms with Gasteiger partial charge < -0.3 is 10.4 Å². The largest absolute Gasteiger partial charge is 0.478 e. The first-order valence-corrected chi connectivity index (χ1v) is 5.51. The molecule has 0 fully saturated rings. The minimum absolute atomic E-state index is 0.221. The van der Waals surface area contributed by atoms with E-state index in [1.807, 2.05) is 18.2 Å². The van der Waals surface area contributed by atoms with Gasteiger partial charge in [0.2, 0.25) is 0 Å². The molecule has 0 saturated heterocycles. The highest BCUT2D eigenvalue weighted by molar-refractivity contribution is 5.89. The van der Waals surface area contributed by atoms with Gasteiger partial charge in [-0.15, -0.1) is 0 Å². The molecule has 5 nitrogen and oxygen atoms in total. The predicted molar refractivity (Wildman–Crippen MR) is 67.5 cm³/mol. The summed E-state index contributed by atoms with van der Waals surface area (Å²) in [6.45, 7) is 2.23. The van der Waals surface area contributed by atoms with Crippen LogP contribution in [0, 0.1) is 6.92 Å². The number of aromatic nitrogens is 2. The van der Waals surface area contributed by atoms with E-state index in [0.29, 0.717) is 18.1 Å². The number of carbonyl (C=O) groups is 1. The highest BCUT2D eigenvalue weighted by atomic mass is 16.4. The lowest BCUT2D eigenvalue weighted by Gasteiger charge is -2.07. The van der Waals surface area contributed by atoms with Crippen LogP contribution in [0.3, 0.4) is 0 Å². The molecule has 0 aliphatic rings. The highest BCUT2D eigenvalue weighted by Gasteiger charge is 2.08. The zero-order valence-corrected chi connectivity index (χ0v) is 9.92. The molecule has 5 heteroatoms. The Labute approximate surface area is 105 Å². The van der Waals surface area contributed by atoms with Crippen LogP contribution in [0.1, 0.15) is 21.7 Å². The number of aryl methyl sites for hydroxylation is 1. The molecule has 0 bridgehead atoms. The number of pyridine rings is 2. The molecule has 2 aromatic rings. The molecule has 2 rings (SSSR count). The van der Waals surface area contributed by atoms with Crippen LogP contribution in [0.5, 0.6) is 0 Å². The lowest BCUT2D eigenvalue weighted by molar-refractivity contribution is 0.0695. The molecule has 92 valence electrons. The summed E-state index contributed by atoms with van der Waals surface area (Å²) in [5.74, 6) is -0.320. The summed E-state index contributed by atoms with van der Waals surface area (Å²) in [4.78, 5) is 19.2. The van der Waals surface area contributed by atoms with Gasteiger partial charge in [0.25, 0.3) is 0 Å². The van der Waals surface area contributed by atoms with Crippen molar-refractivity contribution in [3.8, 4) is 0 Å². The third-order valence-corrected chi connectivity index (χ3v) is 2.49. The third-order valence-electron chi connectivity index (χ3n) is 2.49. The van der Waals surface area contributed by atoms with Crippen molar-refractivity contribution in [3.63, 3.8) is 0 Å². The fraction of sp³-hybridized carbons (Fsp3) is 0.154. The smallest absolute Gasteiger partial charge is 0.337 e. The number of nitrogens with zero attached hydrogens (tertiary/aromatic N) is 2. The molecule has 0 saturated carbocycles. The third kappa shape index (κ3) is 2.82. The minimum Gasteiger partial charge on any atom is -0.478 e. The first-order chi connectivity index (χ1) is 8.66. The summed E-state index contributed by atoms with van der Waals surface area (Å²) >= 11 is 0. The molecule has 2 N–H and O–H groups in total. The first-order valence-electron chi connectivity index (χ1n) is 5.51. The standard InChI is InChI=1S/C13H13N3O2/c1-9-11(13(17)18)5-6-12(16-9)15-8-10-4-2-3-7-14-10/h2-7H,8H2,1H3,(H,15,16)(H,17,18). The molecule has 0 spiro atoms. The maximum absolute atomic E-state index is 10.8. The number of carboxylic acid groups (broad SMARTS) is 1. The highest BCUT2D eigenvalue weighted by Crippen LogP contribution is 2.11. The number of nitrogens with one attached hydrogen (secondary N) is 1. The normalized spacial score (nSPS) is 10.1. The average Bonchev–Trinajstić information content (AvgIpc) is 2.37. The maximum atomic E-state index is 10.8. The van der Waals surface area contributed by atoms with E-state index in [0.717, 1.165) is 5.69 Å². The van der Waals surface area contributed by atoms with E-state index in [-0.39, 0.29) is 5.56 Å². The second-order valence-corrected chi connectivity index (χ2v) is 3.81. The van der Waals surface area contributed by atoms with Crippen molar-refractivity contribution in [3.05, 3.63) is 53.5 Å². The maximum Gasteiger partial charge on any atom is 0.337 e. The lowest BCUT2D eigenvalue weighted by Crippen LogP contribution is -2.06. The summed E-state index contributed by atoms with van der Waals surface area (Å²) in [6, 6.07) is 8.88. The molecule has 2 heterocycles.